The lowest BCUT2D eigenvalue weighted by Crippen LogP contribution is -1.97. The summed E-state index contributed by atoms with van der Waals surface area (Å²) in [6.45, 7) is 1.29. The molecule has 3 rings (SSSR count). The van der Waals surface area contributed by atoms with Gasteiger partial charge in [-0.15, -0.1) is 0 Å². The third kappa shape index (κ3) is 2.53. The lowest BCUT2D eigenvalue weighted by Gasteiger charge is -2.11. The van der Waals surface area contributed by atoms with Crippen LogP contribution in [0.5, 0.6) is 11.5 Å². The maximum atomic E-state index is 5.77. The third-order valence-electron chi connectivity index (χ3n) is 2.73. The smallest absolute Gasteiger partial charge is 0.184 e. The average Bonchev–Trinajstić information content (AvgIpc) is 2.94. The predicted molar refractivity (Wildman–Crippen MR) is 67.6 cm³/mol. The van der Waals surface area contributed by atoms with E-state index >= 15 is 0 Å². The summed E-state index contributed by atoms with van der Waals surface area (Å²) in [4.78, 5) is 0. The van der Waals surface area contributed by atoms with Gasteiger partial charge in [-0.25, -0.2) is 0 Å². The van der Waals surface area contributed by atoms with Gasteiger partial charge in [-0.1, -0.05) is 30.3 Å². The van der Waals surface area contributed by atoms with Crippen molar-refractivity contribution in [3.05, 3.63) is 60.2 Å². The Balaban J connectivity index is 1.78. The van der Waals surface area contributed by atoms with Crippen molar-refractivity contribution in [2.75, 3.05) is 13.2 Å². The zero-order valence-electron chi connectivity index (χ0n) is 9.91. The molecule has 0 bridgehead atoms. The van der Waals surface area contributed by atoms with Crippen molar-refractivity contribution in [1.29, 1.82) is 0 Å². The van der Waals surface area contributed by atoms with Crippen LogP contribution in [0.15, 0.2) is 54.6 Å². The van der Waals surface area contributed by atoms with Gasteiger partial charge >= 0.3 is 0 Å². The van der Waals surface area contributed by atoms with Gasteiger partial charge in [-0.05, 0) is 24.3 Å². The van der Waals surface area contributed by atoms with Crippen LogP contribution in [0.4, 0.5) is 0 Å². The summed E-state index contributed by atoms with van der Waals surface area (Å²) >= 11 is 0. The first-order valence-corrected chi connectivity index (χ1v) is 5.98. The Labute approximate surface area is 106 Å². The Morgan fingerprint density at radius 3 is 2.33 bits per heavy atom. The first-order valence-electron chi connectivity index (χ1n) is 5.98. The van der Waals surface area contributed by atoms with Gasteiger partial charge in [0.1, 0.15) is 11.5 Å². The Hall–Kier alpha value is -1.84. The molecule has 0 aliphatic carbocycles. The van der Waals surface area contributed by atoms with Crippen molar-refractivity contribution in [3.8, 4) is 11.5 Å². The minimum absolute atomic E-state index is 0.260. The van der Waals surface area contributed by atoms with Gasteiger partial charge in [-0.3, -0.25) is 0 Å². The molecule has 3 heteroatoms. The SMILES string of the molecule is c1ccc(Oc2cccc(C3OCCO3)c2)cc1. The number of para-hydroxylation sites is 1. The maximum absolute atomic E-state index is 5.77. The maximum Gasteiger partial charge on any atom is 0.184 e. The molecule has 2 aromatic carbocycles. The molecule has 1 heterocycles. The molecule has 1 aliphatic heterocycles. The minimum atomic E-state index is -0.260. The van der Waals surface area contributed by atoms with Crippen LogP contribution in [0, 0.1) is 0 Å². The van der Waals surface area contributed by atoms with Crippen LogP contribution in [-0.2, 0) is 9.47 Å². The molecular formula is C15H14O3. The van der Waals surface area contributed by atoms with Crippen molar-refractivity contribution in [2.45, 2.75) is 6.29 Å². The van der Waals surface area contributed by atoms with Crippen LogP contribution in [0.2, 0.25) is 0 Å². The molecule has 0 N–H and O–H groups in total. The van der Waals surface area contributed by atoms with Crippen molar-refractivity contribution in [3.63, 3.8) is 0 Å². The van der Waals surface area contributed by atoms with E-state index < -0.39 is 0 Å². The fraction of sp³-hybridized carbons (Fsp3) is 0.200. The summed E-state index contributed by atoms with van der Waals surface area (Å²) in [5, 5.41) is 0. The van der Waals surface area contributed by atoms with Gasteiger partial charge in [0.2, 0.25) is 0 Å². The monoisotopic (exact) mass is 242 g/mol. The molecule has 3 nitrogen and oxygen atoms in total. The fourth-order valence-corrected chi connectivity index (χ4v) is 1.90. The highest BCUT2D eigenvalue weighted by atomic mass is 16.7. The largest absolute Gasteiger partial charge is 0.457 e. The van der Waals surface area contributed by atoms with E-state index in [9.17, 15) is 0 Å². The summed E-state index contributed by atoms with van der Waals surface area (Å²) < 4.78 is 16.7. The molecule has 0 radical (unpaired) electrons. The van der Waals surface area contributed by atoms with Crippen molar-refractivity contribution >= 4 is 0 Å². The van der Waals surface area contributed by atoms with Crippen molar-refractivity contribution in [2.24, 2.45) is 0 Å². The summed E-state index contributed by atoms with van der Waals surface area (Å²) in [7, 11) is 0. The minimum Gasteiger partial charge on any atom is -0.457 e. The third-order valence-corrected chi connectivity index (χ3v) is 2.73. The molecule has 0 unspecified atom stereocenters. The van der Waals surface area contributed by atoms with Crippen molar-refractivity contribution < 1.29 is 14.2 Å². The second kappa shape index (κ2) is 5.21. The van der Waals surface area contributed by atoms with Gasteiger partial charge in [0.15, 0.2) is 6.29 Å². The molecule has 1 saturated heterocycles. The highest BCUT2D eigenvalue weighted by molar-refractivity contribution is 5.34. The van der Waals surface area contributed by atoms with Crippen LogP contribution in [-0.4, -0.2) is 13.2 Å². The quantitative estimate of drug-likeness (QED) is 0.824. The van der Waals surface area contributed by atoms with E-state index in [-0.39, 0.29) is 6.29 Å². The standard InChI is InChI=1S/C15H14O3/c1-2-6-13(7-3-1)18-14-8-4-5-12(11-14)15-16-9-10-17-15/h1-8,11,15H,9-10H2. The molecule has 18 heavy (non-hydrogen) atoms. The second-order valence-electron chi connectivity index (χ2n) is 4.06. The number of benzene rings is 2. The first kappa shape index (κ1) is 11.3. The van der Waals surface area contributed by atoms with E-state index in [0.717, 1.165) is 17.1 Å². The number of rotatable bonds is 3. The molecule has 0 amide bonds. The van der Waals surface area contributed by atoms with E-state index in [1.807, 2.05) is 54.6 Å². The normalized spacial score (nSPS) is 15.8. The second-order valence-corrected chi connectivity index (χ2v) is 4.06. The molecule has 92 valence electrons. The molecule has 0 aromatic heterocycles. The lowest BCUT2D eigenvalue weighted by molar-refractivity contribution is -0.0442. The first-order chi connectivity index (χ1) is 8.92. The number of ether oxygens (including phenoxy) is 3. The Bertz CT molecular complexity index is 504. The van der Waals surface area contributed by atoms with E-state index in [1.165, 1.54) is 0 Å². The van der Waals surface area contributed by atoms with Crippen LogP contribution in [0.3, 0.4) is 0 Å². The van der Waals surface area contributed by atoms with E-state index in [4.69, 9.17) is 14.2 Å². The highest BCUT2D eigenvalue weighted by Crippen LogP contribution is 2.28. The molecule has 2 aromatic rings. The summed E-state index contributed by atoms with van der Waals surface area (Å²) in [5.41, 5.74) is 0.987. The van der Waals surface area contributed by atoms with Gasteiger partial charge in [-0.2, -0.15) is 0 Å². The van der Waals surface area contributed by atoms with Gasteiger partial charge in [0.05, 0.1) is 13.2 Å². The Kier molecular flexibility index (Phi) is 3.26. The number of hydrogen-bond donors (Lipinski definition) is 0. The molecule has 1 aliphatic rings. The van der Waals surface area contributed by atoms with Crippen LogP contribution in [0.1, 0.15) is 11.9 Å². The molecule has 0 atom stereocenters. The zero-order chi connectivity index (χ0) is 12.2. The van der Waals surface area contributed by atoms with E-state index in [0.29, 0.717) is 13.2 Å². The molecule has 1 fully saturated rings. The highest BCUT2D eigenvalue weighted by Gasteiger charge is 2.18. The summed E-state index contributed by atoms with van der Waals surface area (Å²) in [5.74, 6) is 1.61. The zero-order valence-corrected chi connectivity index (χ0v) is 9.91. The molecule has 0 saturated carbocycles. The van der Waals surface area contributed by atoms with Gasteiger partial charge < -0.3 is 14.2 Å². The van der Waals surface area contributed by atoms with Crippen LogP contribution in [0.25, 0.3) is 0 Å². The molecular weight excluding hydrogens is 228 g/mol. The average molecular weight is 242 g/mol. The Morgan fingerprint density at radius 1 is 0.833 bits per heavy atom. The number of hydrogen-bond acceptors (Lipinski definition) is 3. The van der Waals surface area contributed by atoms with Crippen molar-refractivity contribution in [1.82, 2.24) is 0 Å². The lowest BCUT2D eigenvalue weighted by atomic mass is 10.2. The van der Waals surface area contributed by atoms with Crippen LogP contribution >= 0.6 is 0 Å². The van der Waals surface area contributed by atoms with Gasteiger partial charge in [0, 0.05) is 5.56 Å². The van der Waals surface area contributed by atoms with E-state index in [2.05, 4.69) is 0 Å². The van der Waals surface area contributed by atoms with Gasteiger partial charge in [0.25, 0.3) is 0 Å². The Morgan fingerprint density at radius 2 is 1.56 bits per heavy atom. The molecule has 0 spiro atoms. The predicted octanol–water partition coefficient (Wildman–Crippen LogP) is 3.52. The summed E-state index contributed by atoms with van der Waals surface area (Å²) in [6, 6.07) is 17.5. The topological polar surface area (TPSA) is 27.7 Å². The van der Waals surface area contributed by atoms with E-state index in [1.54, 1.807) is 0 Å². The summed E-state index contributed by atoms with van der Waals surface area (Å²) in [6.07, 6.45) is -0.260. The fourth-order valence-electron chi connectivity index (χ4n) is 1.90. The van der Waals surface area contributed by atoms with Crippen LogP contribution < -0.4 is 4.74 Å².